The third-order valence-corrected chi connectivity index (χ3v) is 5.76. The number of fused-ring (bicyclic) bond motifs is 1. The van der Waals surface area contributed by atoms with Crippen molar-refractivity contribution in [2.24, 2.45) is 0 Å². The molecule has 0 atom stereocenters. The maximum absolute atomic E-state index is 12.7. The van der Waals surface area contributed by atoms with Gasteiger partial charge in [-0.2, -0.15) is 0 Å². The molecule has 1 N–H and O–H groups in total. The first-order chi connectivity index (χ1) is 13.1. The van der Waals surface area contributed by atoms with Crippen LogP contribution in [0.5, 0.6) is 0 Å². The Labute approximate surface area is 164 Å². The second kappa shape index (κ2) is 8.00. The highest BCUT2D eigenvalue weighted by Crippen LogP contribution is 2.18. The molecule has 3 heterocycles. The van der Waals surface area contributed by atoms with Crippen molar-refractivity contribution in [2.75, 3.05) is 51.2 Å². The summed E-state index contributed by atoms with van der Waals surface area (Å²) in [6, 6.07) is 7.99. The summed E-state index contributed by atoms with van der Waals surface area (Å²) < 4.78 is 0. The highest BCUT2D eigenvalue weighted by molar-refractivity contribution is 6.30. The van der Waals surface area contributed by atoms with Gasteiger partial charge in [-0.25, -0.2) is 4.98 Å². The number of H-pyrrole nitrogens is 1. The quantitative estimate of drug-likeness (QED) is 0.870. The van der Waals surface area contributed by atoms with Crippen LogP contribution in [-0.4, -0.2) is 66.1 Å². The van der Waals surface area contributed by atoms with Gasteiger partial charge in [0.15, 0.2) is 0 Å². The summed E-state index contributed by atoms with van der Waals surface area (Å²) in [6.45, 7) is 6.40. The molecule has 1 aromatic carbocycles. The summed E-state index contributed by atoms with van der Waals surface area (Å²) >= 11 is 6.11. The SMILES string of the molecule is CN1CCN(c2nc3c(c(=O)[nH]2)CCN(Cc2cccc(Cl)c2)CC3)CC1. The smallest absolute Gasteiger partial charge is 0.255 e. The van der Waals surface area contributed by atoms with Crippen LogP contribution in [0.1, 0.15) is 16.8 Å². The van der Waals surface area contributed by atoms with Gasteiger partial charge < -0.3 is 9.80 Å². The Morgan fingerprint density at radius 2 is 1.89 bits per heavy atom. The number of benzene rings is 1. The van der Waals surface area contributed by atoms with Crippen LogP contribution in [0.4, 0.5) is 5.95 Å². The summed E-state index contributed by atoms with van der Waals surface area (Å²) in [5.74, 6) is 0.732. The van der Waals surface area contributed by atoms with Crippen molar-refractivity contribution in [2.45, 2.75) is 19.4 Å². The number of rotatable bonds is 3. The fraction of sp³-hybridized carbons (Fsp3) is 0.500. The standard InChI is InChI=1S/C20H26ClN5O/c1-24-9-11-26(12-10-24)20-22-18-6-8-25(7-5-17(18)19(27)23-20)14-15-3-2-4-16(21)13-15/h2-4,13H,5-12,14H2,1H3,(H,22,23,27). The second-order valence-electron chi connectivity index (χ2n) is 7.51. The Bertz CT molecular complexity index is 860. The molecule has 0 bridgehead atoms. The van der Waals surface area contributed by atoms with Crippen molar-refractivity contribution in [3.8, 4) is 0 Å². The molecule has 1 saturated heterocycles. The number of nitrogens with one attached hydrogen (secondary N) is 1. The summed E-state index contributed by atoms with van der Waals surface area (Å²) in [4.78, 5) is 27.4. The Balaban J connectivity index is 1.49. The normalized spacial score (nSPS) is 19.0. The number of likely N-dealkylation sites (N-methyl/N-ethyl adjacent to an activating group) is 1. The van der Waals surface area contributed by atoms with Gasteiger partial charge >= 0.3 is 0 Å². The average Bonchev–Trinajstić information content (AvgIpc) is 2.85. The van der Waals surface area contributed by atoms with Gasteiger partial charge in [0.25, 0.3) is 5.56 Å². The van der Waals surface area contributed by atoms with Gasteiger partial charge in [0.2, 0.25) is 5.95 Å². The molecular formula is C20H26ClN5O. The fourth-order valence-electron chi connectivity index (χ4n) is 3.86. The maximum Gasteiger partial charge on any atom is 0.255 e. The van der Waals surface area contributed by atoms with Crippen LogP contribution in [-0.2, 0) is 19.4 Å². The van der Waals surface area contributed by atoms with Crippen molar-refractivity contribution in [3.05, 3.63) is 56.5 Å². The molecule has 0 amide bonds. The minimum atomic E-state index is 0.0264. The van der Waals surface area contributed by atoms with E-state index in [0.717, 1.165) is 80.9 Å². The number of hydrogen-bond acceptors (Lipinski definition) is 5. The second-order valence-corrected chi connectivity index (χ2v) is 7.95. The topological polar surface area (TPSA) is 55.5 Å². The highest BCUT2D eigenvalue weighted by Gasteiger charge is 2.22. The lowest BCUT2D eigenvalue weighted by Crippen LogP contribution is -2.45. The van der Waals surface area contributed by atoms with Crippen LogP contribution in [0.3, 0.4) is 0 Å². The number of hydrogen-bond donors (Lipinski definition) is 1. The Kier molecular flexibility index (Phi) is 5.48. The van der Waals surface area contributed by atoms with E-state index in [1.54, 1.807) is 0 Å². The van der Waals surface area contributed by atoms with E-state index in [0.29, 0.717) is 0 Å². The van der Waals surface area contributed by atoms with Crippen molar-refractivity contribution in [1.29, 1.82) is 0 Å². The number of aromatic nitrogens is 2. The number of anilines is 1. The van der Waals surface area contributed by atoms with Crippen LogP contribution in [0, 0.1) is 0 Å². The van der Waals surface area contributed by atoms with Gasteiger partial charge in [0.1, 0.15) is 0 Å². The molecule has 0 spiro atoms. The van der Waals surface area contributed by atoms with Crippen molar-refractivity contribution < 1.29 is 0 Å². The molecule has 144 valence electrons. The summed E-state index contributed by atoms with van der Waals surface area (Å²) in [5, 5.41) is 0.764. The maximum atomic E-state index is 12.7. The highest BCUT2D eigenvalue weighted by atomic mass is 35.5. The number of halogens is 1. The summed E-state index contributed by atoms with van der Waals surface area (Å²) in [6.07, 6.45) is 1.54. The van der Waals surface area contributed by atoms with Crippen LogP contribution in [0.25, 0.3) is 0 Å². The molecule has 1 aromatic heterocycles. The van der Waals surface area contributed by atoms with Crippen LogP contribution >= 0.6 is 11.6 Å². The third-order valence-electron chi connectivity index (χ3n) is 5.53. The van der Waals surface area contributed by atoms with Crippen molar-refractivity contribution in [1.82, 2.24) is 19.8 Å². The Hall–Kier alpha value is -1.89. The lowest BCUT2D eigenvalue weighted by molar-refractivity contribution is 0.279. The van der Waals surface area contributed by atoms with Crippen LogP contribution < -0.4 is 10.5 Å². The molecule has 1 fully saturated rings. The van der Waals surface area contributed by atoms with E-state index in [1.807, 2.05) is 18.2 Å². The molecule has 7 heteroatoms. The first-order valence-corrected chi connectivity index (χ1v) is 9.98. The lowest BCUT2D eigenvalue weighted by atomic mass is 10.1. The zero-order valence-electron chi connectivity index (χ0n) is 15.7. The largest absolute Gasteiger partial charge is 0.340 e. The van der Waals surface area contributed by atoms with E-state index < -0.39 is 0 Å². The van der Waals surface area contributed by atoms with E-state index >= 15 is 0 Å². The molecule has 0 saturated carbocycles. The van der Waals surface area contributed by atoms with E-state index in [4.69, 9.17) is 16.6 Å². The molecule has 2 aliphatic heterocycles. The Morgan fingerprint density at radius 1 is 1.11 bits per heavy atom. The van der Waals surface area contributed by atoms with E-state index in [-0.39, 0.29) is 5.56 Å². The molecule has 0 unspecified atom stereocenters. The van der Waals surface area contributed by atoms with Gasteiger partial charge in [0, 0.05) is 62.8 Å². The number of aromatic amines is 1. The monoisotopic (exact) mass is 387 g/mol. The number of nitrogens with zero attached hydrogens (tertiary/aromatic N) is 4. The van der Waals surface area contributed by atoms with Gasteiger partial charge in [-0.15, -0.1) is 0 Å². The molecule has 4 rings (SSSR count). The minimum absolute atomic E-state index is 0.0264. The van der Waals surface area contributed by atoms with E-state index in [1.165, 1.54) is 5.56 Å². The molecule has 6 nitrogen and oxygen atoms in total. The van der Waals surface area contributed by atoms with Gasteiger partial charge in [0.05, 0.1) is 5.69 Å². The summed E-state index contributed by atoms with van der Waals surface area (Å²) in [7, 11) is 2.12. The third kappa shape index (κ3) is 4.34. The van der Waals surface area contributed by atoms with E-state index in [2.05, 4.69) is 32.8 Å². The minimum Gasteiger partial charge on any atom is -0.340 e. The van der Waals surface area contributed by atoms with Gasteiger partial charge in [-0.05, 0) is 31.2 Å². The molecular weight excluding hydrogens is 362 g/mol. The first-order valence-electron chi connectivity index (χ1n) is 9.61. The average molecular weight is 388 g/mol. The molecule has 0 radical (unpaired) electrons. The predicted molar refractivity (Wildman–Crippen MR) is 109 cm³/mol. The zero-order chi connectivity index (χ0) is 18.8. The van der Waals surface area contributed by atoms with Crippen LogP contribution in [0.2, 0.25) is 5.02 Å². The zero-order valence-corrected chi connectivity index (χ0v) is 16.5. The van der Waals surface area contributed by atoms with E-state index in [9.17, 15) is 4.79 Å². The van der Waals surface area contributed by atoms with Crippen molar-refractivity contribution >= 4 is 17.5 Å². The number of piperazine rings is 1. The van der Waals surface area contributed by atoms with Crippen LogP contribution in [0.15, 0.2) is 29.1 Å². The van der Waals surface area contributed by atoms with Gasteiger partial charge in [-0.1, -0.05) is 23.7 Å². The lowest BCUT2D eigenvalue weighted by Gasteiger charge is -2.32. The first kappa shape index (κ1) is 18.5. The molecule has 2 aromatic rings. The van der Waals surface area contributed by atoms with Gasteiger partial charge in [-0.3, -0.25) is 14.7 Å². The summed E-state index contributed by atoms with van der Waals surface area (Å²) in [5.41, 5.74) is 3.04. The molecule has 27 heavy (non-hydrogen) atoms. The van der Waals surface area contributed by atoms with Crippen molar-refractivity contribution in [3.63, 3.8) is 0 Å². The predicted octanol–water partition coefficient (Wildman–Crippen LogP) is 1.78. The molecule has 0 aliphatic carbocycles. The Morgan fingerprint density at radius 3 is 2.67 bits per heavy atom. The fourth-order valence-corrected chi connectivity index (χ4v) is 4.07. The molecule has 2 aliphatic rings.